The average Bonchev–Trinajstić information content (AvgIpc) is 3.03. The van der Waals surface area contributed by atoms with E-state index >= 15 is 0 Å². The maximum absolute atomic E-state index is 11.6. The van der Waals surface area contributed by atoms with Gasteiger partial charge >= 0.3 is 0 Å². The van der Waals surface area contributed by atoms with Gasteiger partial charge in [-0.1, -0.05) is 6.07 Å². The van der Waals surface area contributed by atoms with Crippen LogP contribution in [0.3, 0.4) is 0 Å². The van der Waals surface area contributed by atoms with E-state index in [1.54, 1.807) is 12.4 Å². The summed E-state index contributed by atoms with van der Waals surface area (Å²) in [4.78, 5) is 18.2. The highest BCUT2D eigenvalue weighted by Crippen LogP contribution is 2.44. The van der Waals surface area contributed by atoms with Crippen molar-refractivity contribution in [1.29, 1.82) is 0 Å². The number of hydrogen-bond donors (Lipinski definition) is 1. The van der Waals surface area contributed by atoms with Gasteiger partial charge in [-0.2, -0.15) is 0 Å². The van der Waals surface area contributed by atoms with E-state index in [2.05, 4.69) is 50.3 Å². The minimum absolute atomic E-state index is 0.0889. The largest absolute Gasteiger partial charge is 0.353 e. The number of pyridine rings is 1. The molecule has 0 unspecified atom stereocenters. The highest BCUT2D eigenvalue weighted by Gasteiger charge is 2.56. The highest BCUT2D eigenvalue weighted by atomic mass is 32.2. The quantitative estimate of drug-likeness (QED) is 0.685. The van der Waals surface area contributed by atoms with Gasteiger partial charge in [-0.15, -0.1) is 0 Å². The Kier molecular flexibility index (Phi) is 3.67. The normalized spacial score (nSPS) is 21.3. The van der Waals surface area contributed by atoms with Crippen molar-refractivity contribution >= 4 is 38.2 Å². The van der Waals surface area contributed by atoms with Gasteiger partial charge in [0.25, 0.3) is 0 Å². The van der Waals surface area contributed by atoms with Gasteiger partial charge in [-0.3, -0.25) is 4.90 Å². The summed E-state index contributed by atoms with van der Waals surface area (Å²) < 4.78 is 23.2. The molecule has 0 amide bonds. The number of aromatic nitrogens is 3. The molecule has 0 bridgehead atoms. The fourth-order valence-electron chi connectivity index (χ4n) is 4.99. The molecule has 3 aromatic rings. The summed E-state index contributed by atoms with van der Waals surface area (Å²) in [6.45, 7) is 3.35. The van der Waals surface area contributed by atoms with Crippen molar-refractivity contribution in [3.8, 4) is 0 Å². The van der Waals surface area contributed by atoms with Gasteiger partial charge < -0.3 is 10.2 Å². The minimum Gasteiger partial charge on any atom is -0.353 e. The van der Waals surface area contributed by atoms with Gasteiger partial charge in [0.05, 0.1) is 11.5 Å². The third-order valence-electron chi connectivity index (χ3n) is 6.23. The molecular weight excluding hydrogens is 400 g/mol. The van der Waals surface area contributed by atoms with Gasteiger partial charge in [0.2, 0.25) is 5.95 Å². The zero-order valence-corrected chi connectivity index (χ0v) is 17.5. The third kappa shape index (κ3) is 2.92. The van der Waals surface area contributed by atoms with E-state index in [9.17, 15) is 8.42 Å². The molecule has 0 radical (unpaired) electrons. The highest BCUT2D eigenvalue weighted by molar-refractivity contribution is 7.92. The number of nitrogens with zero attached hydrogens (tertiary/aromatic N) is 5. The maximum Gasteiger partial charge on any atom is 0.227 e. The van der Waals surface area contributed by atoms with Crippen molar-refractivity contribution in [1.82, 2.24) is 19.9 Å². The topological polar surface area (TPSA) is 91.3 Å². The first-order valence-corrected chi connectivity index (χ1v) is 11.8. The van der Waals surface area contributed by atoms with Crippen LogP contribution in [0.4, 0.5) is 17.5 Å². The number of sulfone groups is 1. The molecule has 0 aliphatic carbocycles. The molecular formula is C21H22N6O2S. The van der Waals surface area contributed by atoms with Crippen molar-refractivity contribution in [2.45, 2.75) is 13.1 Å². The SMILES string of the molecule is CN1Cc2ccc(Nc3ncc4ccnc(N5CC6(C5)CS(=O)(=O)C6)c4n3)cc2C1. The molecule has 3 aliphatic rings. The molecule has 2 saturated heterocycles. The Morgan fingerprint density at radius 2 is 1.87 bits per heavy atom. The average molecular weight is 423 g/mol. The molecule has 1 spiro atoms. The molecule has 2 aromatic heterocycles. The molecule has 6 rings (SSSR count). The lowest BCUT2D eigenvalue weighted by Crippen LogP contribution is -2.68. The number of anilines is 3. The number of benzene rings is 1. The molecule has 154 valence electrons. The molecule has 0 atom stereocenters. The summed E-state index contributed by atoms with van der Waals surface area (Å²) in [6, 6.07) is 8.28. The lowest BCUT2D eigenvalue weighted by atomic mass is 9.83. The fourth-order valence-corrected chi connectivity index (χ4v) is 7.14. The summed E-state index contributed by atoms with van der Waals surface area (Å²) in [5.41, 5.74) is 4.35. The smallest absolute Gasteiger partial charge is 0.227 e. The number of nitrogens with one attached hydrogen (secondary N) is 1. The van der Waals surface area contributed by atoms with Crippen LogP contribution in [-0.2, 0) is 22.9 Å². The monoisotopic (exact) mass is 422 g/mol. The fraction of sp³-hybridized carbons (Fsp3) is 0.381. The zero-order valence-electron chi connectivity index (χ0n) is 16.7. The molecule has 3 aliphatic heterocycles. The summed E-state index contributed by atoms with van der Waals surface area (Å²) in [7, 11) is -0.715. The van der Waals surface area contributed by atoms with Crippen LogP contribution in [0.15, 0.2) is 36.7 Å². The van der Waals surface area contributed by atoms with Crippen LogP contribution in [-0.4, -0.2) is 59.9 Å². The lowest BCUT2D eigenvalue weighted by molar-refractivity contribution is 0.253. The number of fused-ring (bicyclic) bond motifs is 2. The van der Waals surface area contributed by atoms with Crippen molar-refractivity contribution in [2.75, 3.05) is 41.9 Å². The molecule has 5 heterocycles. The van der Waals surface area contributed by atoms with E-state index in [1.807, 2.05) is 6.07 Å². The van der Waals surface area contributed by atoms with Crippen molar-refractivity contribution in [3.05, 3.63) is 47.8 Å². The van der Waals surface area contributed by atoms with Crippen molar-refractivity contribution < 1.29 is 8.42 Å². The van der Waals surface area contributed by atoms with Crippen molar-refractivity contribution in [2.24, 2.45) is 5.41 Å². The Bertz CT molecular complexity index is 1270. The molecule has 30 heavy (non-hydrogen) atoms. The third-order valence-corrected chi connectivity index (χ3v) is 8.33. The van der Waals surface area contributed by atoms with Crippen LogP contribution < -0.4 is 10.2 Å². The van der Waals surface area contributed by atoms with E-state index in [1.165, 1.54) is 11.1 Å². The first-order valence-electron chi connectivity index (χ1n) is 10.0. The van der Waals surface area contributed by atoms with Gasteiger partial charge in [-0.05, 0) is 36.4 Å². The first kappa shape index (κ1) is 18.0. The van der Waals surface area contributed by atoms with E-state index in [0.29, 0.717) is 19.0 Å². The number of hydrogen-bond acceptors (Lipinski definition) is 8. The van der Waals surface area contributed by atoms with E-state index in [0.717, 1.165) is 35.5 Å². The molecule has 0 saturated carbocycles. The molecule has 8 nitrogen and oxygen atoms in total. The Morgan fingerprint density at radius 1 is 1.07 bits per heavy atom. The molecule has 1 N–H and O–H groups in total. The van der Waals surface area contributed by atoms with Crippen LogP contribution in [0.25, 0.3) is 10.9 Å². The Balaban J connectivity index is 1.27. The first-order chi connectivity index (χ1) is 14.4. The van der Waals surface area contributed by atoms with Crippen LogP contribution in [0.2, 0.25) is 0 Å². The Labute approximate surface area is 174 Å². The predicted molar refractivity (Wildman–Crippen MR) is 116 cm³/mol. The van der Waals surface area contributed by atoms with Gasteiger partial charge in [0.1, 0.15) is 5.52 Å². The molecule has 9 heteroatoms. The van der Waals surface area contributed by atoms with Crippen molar-refractivity contribution in [3.63, 3.8) is 0 Å². The predicted octanol–water partition coefficient (Wildman–Crippen LogP) is 1.95. The summed E-state index contributed by atoms with van der Waals surface area (Å²) >= 11 is 0. The van der Waals surface area contributed by atoms with Crippen LogP contribution >= 0.6 is 0 Å². The van der Waals surface area contributed by atoms with Gasteiger partial charge in [0.15, 0.2) is 15.7 Å². The standard InChI is InChI=1S/C21H22N6O2S/c1-26-8-15-2-3-17(6-16(15)9-26)24-20-23-7-14-4-5-22-19(18(14)25-20)27-10-21(11-27)12-30(28,29)13-21/h2-7H,8-13H2,1H3,(H,23,24,25). The summed E-state index contributed by atoms with van der Waals surface area (Å²) in [6.07, 6.45) is 3.56. The lowest BCUT2D eigenvalue weighted by Gasteiger charge is -2.55. The van der Waals surface area contributed by atoms with Gasteiger partial charge in [0, 0.05) is 55.1 Å². The second-order valence-electron chi connectivity index (χ2n) is 8.94. The second kappa shape index (κ2) is 6.12. The van der Waals surface area contributed by atoms with E-state index in [-0.39, 0.29) is 16.9 Å². The maximum atomic E-state index is 11.6. The molecule has 1 aromatic carbocycles. The van der Waals surface area contributed by atoms with E-state index in [4.69, 9.17) is 4.98 Å². The van der Waals surface area contributed by atoms with Crippen LogP contribution in [0.5, 0.6) is 0 Å². The molecule has 2 fully saturated rings. The summed E-state index contributed by atoms with van der Waals surface area (Å²) in [5, 5.41) is 4.25. The van der Waals surface area contributed by atoms with Crippen LogP contribution in [0.1, 0.15) is 11.1 Å². The Hall–Kier alpha value is -2.78. The van der Waals surface area contributed by atoms with E-state index < -0.39 is 9.84 Å². The van der Waals surface area contributed by atoms with Gasteiger partial charge in [-0.25, -0.2) is 23.4 Å². The Morgan fingerprint density at radius 3 is 2.67 bits per heavy atom. The zero-order chi connectivity index (χ0) is 20.5. The van der Waals surface area contributed by atoms with Crippen LogP contribution in [0, 0.1) is 5.41 Å². The number of rotatable bonds is 3. The minimum atomic E-state index is -2.83. The second-order valence-corrected chi connectivity index (χ2v) is 11.0. The summed E-state index contributed by atoms with van der Waals surface area (Å²) in [5.74, 6) is 1.90.